The Morgan fingerprint density at radius 2 is 2.15 bits per heavy atom. The zero-order valence-corrected chi connectivity index (χ0v) is 16.1. The lowest BCUT2D eigenvalue weighted by Gasteiger charge is -2.30. The Labute approximate surface area is 157 Å². The van der Waals surface area contributed by atoms with Crippen LogP contribution in [-0.2, 0) is 16.0 Å². The summed E-state index contributed by atoms with van der Waals surface area (Å²) in [6.45, 7) is 6.34. The van der Waals surface area contributed by atoms with Gasteiger partial charge in [-0.05, 0) is 45.2 Å². The van der Waals surface area contributed by atoms with E-state index in [2.05, 4.69) is 23.5 Å². The van der Waals surface area contributed by atoms with Crippen LogP contribution in [0.5, 0.6) is 0 Å². The van der Waals surface area contributed by atoms with E-state index in [-0.39, 0.29) is 22.8 Å². The molecule has 7 heteroatoms. The number of carbonyl (C=O) groups is 2. The van der Waals surface area contributed by atoms with Crippen LogP contribution >= 0.6 is 11.8 Å². The summed E-state index contributed by atoms with van der Waals surface area (Å²) in [6, 6.07) is 7.87. The first-order valence-corrected chi connectivity index (χ1v) is 9.74. The van der Waals surface area contributed by atoms with Crippen LogP contribution in [0.2, 0.25) is 0 Å². The van der Waals surface area contributed by atoms with Gasteiger partial charge in [-0.1, -0.05) is 22.9 Å². The van der Waals surface area contributed by atoms with E-state index in [9.17, 15) is 9.59 Å². The van der Waals surface area contributed by atoms with Gasteiger partial charge in [-0.2, -0.15) is 0 Å². The Hall–Kier alpha value is -2.28. The minimum atomic E-state index is -0.363. The summed E-state index contributed by atoms with van der Waals surface area (Å²) in [5, 5.41) is 6.08. The molecule has 26 heavy (non-hydrogen) atoms. The summed E-state index contributed by atoms with van der Waals surface area (Å²) in [7, 11) is 0. The van der Waals surface area contributed by atoms with E-state index < -0.39 is 0 Å². The predicted octanol–water partition coefficient (Wildman–Crippen LogP) is 3.33. The summed E-state index contributed by atoms with van der Waals surface area (Å²) >= 11 is 1.33. The third-order valence-corrected chi connectivity index (χ3v) is 5.49. The highest BCUT2D eigenvalue weighted by atomic mass is 32.2. The van der Waals surface area contributed by atoms with Crippen LogP contribution in [0.4, 0.5) is 11.5 Å². The van der Waals surface area contributed by atoms with Gasteiger partial charge in [0.2, 0.25) is 11.8 Å². The van der Waals surface area contributed by atoms with Crippen molar-refractivity contribution in [3.63, 3.8) is 0 Å². The number of benzene rings is 1. The van der Waals surface area contributed by atoms with Crippen molar-refractivity contribution in [3.05, 3.63) is 41.2 Å². The molecule has 0 bridgehead atoms. The van der Waals surface area contributed by atoms with Crippen LogP contribution in [0.3, 0.4) is 0 Å². The molecule has 2 aromatic rings. The first-order valence-electron chi connectivity index (χ1n) is 8.69. The van der Waals surface area contributed by atoms with Crippen molar-refractivity contribution in [1.82, 2.24) is 5.16 Å². The zero-order chi connectivity index (χ0) is 18.7. The maximum Gasteiger partial charge on any atom is 0.238 e. The largest absolute Gasteiger partial charge is 0.360 e. The Kier molecular flexibility index (Phi) is 5.66. The summed E-state index contributed by atoms with van der Waals surface area (Å²) in [6.07, 6.45) is 1.97. The number of carbonyl (C=O) groups excluding carboxylic acids is 2. The third-order valence-electron chi connectivity index (χ3n) is 4.36. The lowest BCUT2D eigenvalue weighted by Crippen LogP contribution is -2.37. The molecule has 0 fully saturated rings. The molecule has 1 aliphatic rings. The molecule has 1 aromatic heterocycles. The van der Waals surface area contributed by atoms with Gasteiger partial charge in [0.1, 0.15) is 5.76 Å². The number of hydrogen-bond donors (Lipinski definition) is 1. The lowest BCUT2D eigenvalue weighted by molar-refractivity contribution is -0.116. The van der Waals surface area contributed by atoms with Crippen LogP contribution < -0.4 is 10.2 Å². The smallest absolute Gasteiger partial charge is 0.238 e. The van der Waals surface area contributed by atoms with Crippen LogP contribution in [-0.4, -0.2) is 34.5 Å². The first kappa shape index (κ1) is 18.5. The molecule has 0 spiro atoms. The van der Waals surface area contributed by atoms with E-state index in [1.807, 2.05) is 17.0 Å². The maximum atomic E-state index is 12.7. The molecule has 1 atom stereocenters. The monoisotopic (exact) mass is 373 g/mol. The number of anilines is 2. The number of nitrogens with one attached hydrogen (secondary N) is 1. The van der Waals surface area contributed by atoms with Crippen LogP contribution in [0.15, 0.2) is 28.8 Å². The van der Waals surface area contributed by atoms with E-state index in [0.29, 0.717) is 11.6 Å². The molecule has 6 nitrogen and oxygen atoms in total. The van der Waals surface area contributed by atoms with Crippen LogP contribution in [0, 0.1) is 13.8 Å². The van der Waals surface area contributed by atoms with Gasteiger partial charge in [-0.15, -0.1) is 11.8 Å². The van der Waals surface area contributed by atoms with E-state index >= 15 is 0 Å². The molecule has 0 saturated heterocycles. The molecule has 2 amide bonds. The molecular weight excluding hydrogens is 350 g/mol. The maximum absolute atomic E-state index is 12.7. The van der Waals surface area contributed by atoms with Crippen molar-refractivity contribution in [2.75, 3.05) is 22.5 Å². The van der Waals surface area contributed by atoms with Crippen molar-refractivity contribution in [1.29, 1.82) is 0 Å². The second-order valence-electron chi connectivity index (χ2n) is 6.55. The standard InChI is InChI=1S/C19H23N3O3S/c1-12-6-7-16-15(9-12)5-4-8-22(16)18(23)11-26-14(3)19(24)20-17-10-13(2)25-21-17/h6-7,9-10,14H,4-5,8,11H2,1-3H3,(H,20,21,24). The second-order valence-corrected chi connectivity index (χ2v) is 7.88. The molecular formula is C19H23N3O3S. The third kappa shape index (κ3) is 4.27. The highest BCUT2D eigenvalue weighted by molar-refractivity contribution is 8.01. The fourth-order valence-electron chi connectivity index (χ4n) is 2.99. The van der Waals surface area contributed by atoms with E-state index in [1.54, 1.807) is 19.9 Å². The number of rotatable bonds is 5. The summed E-state index contributed by atoms with van der Waals surface area (Å²) in [5.41, 5.74) is 3.44. The number of aryl methyl sites for hydroxylation is 3. The minimum absolute atomic E-state index is 0.0386. The minimum Gasteiger partial charge on any atom is -0.360 e. The number of amides is 2. The van der Waals surface area contributed by atoms with Gasteiger partial charge in [0.05, 0.1) is 11.0 Å². The summed E-state index contributed by atoms with van der Waals surface area (Å²) in [4.78, 5) is 26.7. The Bertz CT molecular complexity index is 818. The van der Waals surface area contributed by atoms with Gasteiger partial charge in [-0.25, -0.2) is 0 Å². The SMILES string of the molecule is Cc1ccc2c(c1)CCCN2C(=O)CSC(C)C(=O)Nc1cc(C)on1. The van der Waals surface area contributed by atoms with Crippen molar-refractivity contribution in [2.24, 2.45) is 0 Å². The summed E-state index contributed by atoms with van der Waals surface area (Å²) < 4.78 is 4.93. The molecule has 1 aromatic carbocycles. The molecule has 0 radical (unpaired) electrons. The molecule has 0 aliphatic carbocycles. The predicted molar refractivity (Wildman–Crippen MR) is 104 cm³/mol. The molecule has 1 aliphatic heterocycles. The first-order chi connectivity index (χ1) is 12.4. The average Bonchev–Trinajstić information content (AvgIpc) is 3.03. The van der Waals surface area contributed by atoms with Crippen molar-refractivity contribution in [3.8, 4) is 0 Å². The topological polar surface area (TPSA) is 75.4 Å². The average molecular weight is 373 g/mol. The highest BCUT2D eigenvalue weighted by Crippen LogP contribution is 2.29. The number of nitrogens with zero attached hydrogens (tertiary/aromatic N) is 2. The van der Waals surface area contributed by atoms with Crippen molar-refractivity contribution < 1.29 is 14.1 Å². The van der Waals surface area contributed by atoms with E-state index in [0.717, 1.165) is 25.1 Å². The Morgan fingerprint density at radius 3 is 2.88 bits per heavy atom. The van der Waals surface area contributed by atoms with Crippen LogP contribution in [0.1, 0.15) is 30.2 Å². The normalized spacial score (nSPS) is 14.7. The molecule has 1 unspecified atom stereocenters. The van der Waals surface area contributed by atoms with Crippen LogP contribution in [0.25, 0.3) is 0 Å². The number of fused-ring (bicyclic) bond motifs is 1. The van der Waals surface area contributed by atoms with Crippen molar-refractivity contribution in [2.45, 2.75) is 38.9 Å². The number of hydrogen-bond acceptors (Lipinski definition) is 5. The van der Waals surface area contributed by atoms with Gasteiger partial charge >= 0.3 is 0 Å². The molecule has 0 saturated carbocycles. The fourth-order valence-corrected chi connectivity index (χ4v) is 3.75. The fraction of sp³-hybridized carbons (Fsp3) is 0.421. The number of thioether (sulfide) groups is 1. The molecule has 2 heterocycles. The second kappa shape index (κ2) is 7.95. The van der Waals surface area contributed by atoms with Gasteiger partial charge < -0.3 is 14.7 Å². The van der Waals surface area contributed by atoms with E-state index in [4.69, 9.17) is 4.52 Å². The quantitative estimate of drug-likeness (QED) is 0.870. The highest BCUT2D eigenvalue weighted by Gasteiger charge is 2.24. The molecule has 138 valence electrons. The summed E-state index contributed by atoms with van der Waals surface area (Å²) in [5.74, 6) is 1.14. The van der Waals surface area contributed by atoms with Gasteiger partial charge in [0.25, 0.3) is 0 Å². The van der Waals surface area contributed by atoms with Gasteiger partial charge in [0.15, 0.2) is 5.82 Å². The zero-order valence-electron chi connectivity index (χ0n) is 15.2. The molecule has 1 N–H and O–H groups in total. The van der Waals surface area contributed by atoms with Gasteiger partial charge in [0, 0.05) is 18.3 Å². The van der Waals surface area contributed by atoms with Gasteiger partial charge in [-0.3, -0.25) is 9.59 Å². The Balaban J connectivity index is 1.56. The Morgan fingerprint density at radius 1 is 1.35 bits per heavy atom. The lowest BCUT2D eigenvalue weighted by atomic mass is 9.99. The van der Waals surface area contributed by atoms with E-state index in [1.165, 1.54) is 22.9 Å². The number of aromatic nitrogens is 1. The molecule has 3 rings (SSSR count). The van der Waals surface area contributed by atoms with Crippen molar-refractivity contribution >= 4 is 35.1 Å².